The van der Waals surface area contributed by atoms with Crippen LogP contribution in [0, 0.1) is 0 Å². The normalized spacial score (nSPS) is 14.5. The number of urea groups is 1. The van der Waals surface area contributed by atoms with Crippen LogP contribution in [0.1, 0.15) is 11.1 Å². The second-order valence-electron chi connectivity index (χ2n) is 7.82. The summed E-state index contributed by atoms with van der Waals surface area (Å²) in [6.07, 6.45) is -8.38. The van der Waals surface area contributed by atoms with Crippen LogP contribution in [0.5, 0.6) is 0 Å². The maximum absolute atomic E-state index is 13.1. The van der Waals surface area contributed by atoms with Crippen LogP contribution in [-0.4, -0.2) is 52.3 Å². The molecule has 0 saturated carbocycles. The fraction of sp³-hybridized carbons (Fsp3) is 0.273. The van der Waals surface area contributed by atoms with Crippen molar-refractivity contribution in [2.75, 3.05) is 41.7 Å². The van der Waals surface area contributed by atoms with E-state index in [-0.39, 0.29) is 19.2 Å². The van der Waals surface area contributed by atoms with Crippen LogP contribution in [0.25, 0.3) is 0 Å². The zero-order valence-electron chi connectivity index (χ0n) is 18.4. The topological polar surface area (TPSA) is 86.3 Å². The van der Waals surface area contributed by atoms with Gasteiger partial charge in [0, 0.05) is 38.1 Å². The molecule has 14 heteroatoms. The Morgan fingerprint density at radius 3 is 2.00 bits per heavy atom. The molecule has 0 spiro atoms. The van der Waals surface area contributed by atoms with E-state index in [2.05, 4.69) is 25.8 Å². The number of nitrogens with zero attached hydrogens (tertiary/aromatic N) is 5. The lowest BCUT2D eigenvalue weighted by Crippen LogP contribution is -2.50. The quantitative estimate of drug-likeness (QED) is 0.480. The van der Waals surface area contributed by atoms with E-state index in [1.165, 1.54) is 4.90 Å². The number of hydrogen-bond acceptors (Lipinski definition) is 6. The van der Waals surface area contributed by atoms with Crippen molar-refractivity contribution in [2.24, 2.45) is 0 Å². The number of aromatic nitrogens is 3. The van der Waals surface area contributed by atoms with E-state index >= 15 is 0 Å². The van der Waals surface area contributed by atoms with Crippen LogP contribution in [-0.2, 0) is 12.4 Å². The van der Waals surface area contributed by atoms with Crippen molar-refractivity contribution in [1.82, 2.24) is 20.1 Å². The number of benzene rings is 1. The number of pyridine rings is 1. The third-order valence-corrected chi connectivity index (χ3v) is 5.30. The minimum atomic E-state index is -5.00. The number of carbonyl (C=O) groups is 1. The Bertz CT molecular complexity index is 1160. The predicted octanol–water partition coefficient (Wildman–Crippen LogP) is 5.01. The summed E-state index contributed by atoms with van der Waals surface area (Å²) in [4.78, 5) is 19.8. The summed E-state index contributed by atoms with van der Waals surface area (Å²) < 4.78 is 78.3. The van der Waals surface area contributed by atoms with Crippen LogP contribution >= 0.6 is 0 Å². The van der Waals surface area contributed by atoms with Gasteiger partial charge in [0.1, 0.15) is 5.82 Å². The molecule has 0 atom stereocenters. The molecule has 1 fully saturated rings. The van der Waals surface area contributed by atoms with Gasteiger partial charge in [-0.25, -0.2) is 9.78 Å². The van der Waals surface area contributed by atoms with Crippen molar-refractivity contribution in [3.05, 3.63) is 65.9 Å². The highest BCUT2D eigenvalue weighted by Crippen LogP contribution is 2.37. The number of nitrogens with one attached hydrogen (secondary N) is 2. The van der Waals surface area contributed by atoms with Gasteiger partial charge in [-0.1, -0.05) is 6.07 Å². The SMILES string of the molecule is O=C(Nc1cc(C(F)(F)F)cc(C(F)(F)F)c1)N1CCN(c2ccc(Nc3ccccn3)nn2)CC1. The molecule has 1 aliphatic heterocycles. The average Bonchev–Trinajstić information content (AvgIpc) is 2.84. The Kier molecular flexibility index (Phi) is 6.86. The second kappa shape index (κ2) is 9.87. The van der Waals surface area contributed by atoms with Gasteiger partial charge in [0.15, 0.2) is 11.6 Å². The van der Waals surface area contributed by atoms with E-state index in [9.17, 15) is 31.1 Å². The van der Waals surface area contributed by atoms with Crippen LogP contribution in [0.3, 0.4) is 0 Å². The molecule has 1 aromatic carbocycles. The van der Waals surface area contributed by atoms with E-state index in [0.717, 1.165) is 0 Å². The molecule has 3 aromatic rings. The fourth-order valence-corrected chi connectivity index (χ4v) is 3.50. The summed E-state index contributed by atoms with van der Waals surface area (Å²) in [5.41, 5.74) is -3.60. The molecule has 0 aliphatic carbocycles. The van der Waals surface area contributed by atoms with E-state index in [1.54, 1.807) is 30.5 Å². The lowest BCUT2D eigenvalue weighted by molar-refractivity contribution is -0.143. The van der Waals surface area contributed by atoms with Crippen molar-refractivity contribution >= 4 is 29.2 Å². The van der Waals surface area contributed by atoms with Gasteiger partial charge >= 0.3 is 18.4 Å². The van der Waals surface area contributed by atoms with Gasteiger partial charge in [-0.2, -0.15) is 26.3 Å². The first-order valence-corrected chi connectivity index (χ1v) is 10.6. The number of halogens is 6. The van der Waals surface area contributed by atoms with Crippen LogP contribution in [0.2, 0.25) is 0 Å². The van der Waals surface area contributed by atoms with Gasteiger partial charge in [0.25, 0.3) is 0 Å². The van der Waals surface area contributed by atoms with Gasteiger partial charge in [-0.05, 0) is 42.5 Å². The molecule has 8 nitrogen and oxygen atoms in total. The number of hydrogen-bond donors (Lipinski definition) is 2. The molecule has 1 saturated heterocycles. The first-order chi connectivity index (χ1) is 17.0. The van der Waals surface area contributed by atoms with Crippen molar-refractivity contribution < 1.29 is 31.1 Å². The number of alkyl halides is 6. The second-order valence-corrected chi connectivity index (χ2v) is 7.82. The van der Waals surface area contributed by atoms with E-state index in [0.29, 0.717) is 42.7 Å². The first-order valence-electron chi connectivity index (χ1n) is 10.6. The molecule has 3 heterocycles. The molecule has 4 rings (SSSR count). The Balaban J connectivity index is 1.37. The summed E-state index contributed by atoms with van der Waals surface area (Å²) in [6, 6.07) is 8.95. The maximum atomic E-state index is 13.1. The Hall–Kier alpha value is -4.10. The number of carbonyl (C=O) groups excluding carboxylic acids is 1. The van der Waals surface area contributed by atoms with Crippen LogP contribution < -0.4 is 15.5 Å². The zero-order valence-corrected chi connectivity index (χ0v) is 18.4. The standard InChI is InChI=1S/C22H19F6N7O/c23-21(24,25)14-11-15(22(26,27)28)13-16(12-14)30-20(36)35-9-7-34(8-10-35)19-5-4-18(32-33-19)31-17-3-1-2-6-29-17/h1-6,11-13H,7-10H2,(H,30,36)(H,29,31,32). The first kappa shape index (κ1) is 25.0. The smallest absolute Gasteiger partial charge is 0.352 e. The Labute approximate surface area is 200 Å². The molecule has 2 N–H and O–H groups in total. The fourth-order valence-electron chi connectivity index (χ4n) is 3.50. The third-order valence-electron chi connectivity index (χ3n) is 5.30. The minimum Gasteiger partial charge on any atom is -0.352 e. The van der Waals surface area contributed by atoms with Crippen molar-refractivity contribution in [3.8, 4) is 0 Å². The monoisotopic (exact) mass is 511 g/mol. The molecule has 2 amide bonds. The van der Waals surface area contributed by atoms with E-state index < -0.39 is 35.2 Å². The number of anilines is 4. The van der Waals surface area contributed by atoms with Gasteiger partial charge in [0.2, 0.25) is 0 Å². The number of amides is 2. The van der Waals surface area contributed by atoms with Crippen LogP contribution in [0.4, 0.5) is 54.3 Å². The van der Waals surface area contributed by atoms with Crippen LogP contribution in [0.15, 0.2) is 54.7 Å². The summed E-state index contributed by atoms with van der Waals surface area (Å²) >= 11 is 0. The highest BCUT2D eigenvalue weighted by molar-refractivity contribution is 5.89. The van der Waals surface area contributed by atoms with E-state index in [1.807, 2.05) is 11.0 Å². The molecule has 0 radical (unpaired) electrons. The van der Waals surface area contributed by atoms with Gasteiger partial charge in [-0.3, -0.25) is 0 Å². The maximum Gasteiger partial charge on any atom is 0.416 e. The van der Waals surface area contributed by atoms with Gasteiger partial charge < -0.3 is 20.4 Å². The van der Waals surface area contributed by atoms with E-state index in [4.69, 9.17) is 0 Å². The molecule has 1 aliphatic rings. The summed E-state index contributed by atoms with van der Waals surface area (Å²) in [5, 5.41) is 13.4. The summed E-state index contributed by atoms with van der Waals surface area (Å²) in [7, 11) is 0. The average molecular weight is 511 g/mol. The Morgan fingerprint density at radius 2 is 1.47 bits per heavy atom. The number of piperazine rings is 1. The largest absolute Gasteiger partial charge is 0.416 e. The van der Waals surface area contributed by atoms with Crippen molar-refractivity contribution in [2.45, 2.75) is 12.4 Å². The lowest BCUT2D eigenvalue weighted by Gasteiger charge is -2.35. The summed E-state index contributed by atoms with van der Waals surface area (Å²) in [6.45, 7) is 1.02. The molecular weight excluding hydrogens is 492 g/mol. The van der Waals surface area contributed by atoms with Crippen molar-refractivity contribution in [1.29, 1.82) is 0 Å². The molecular formula is C22H19F6N7O. The molecule has 190 valence electrons. The number of rotatable bonds is 4. The molecule has 2 aromatic heterocycles. The van der Waals surface area contributed by atoms with Crippen molar-refractivity contribution in [3.63, 3.8) is 0 Å². The Morgan fingerprint density at radius 1 is 0.806 bits per heavy atom. The zero-order chi connectivity index (χ0) is 25.9. The lowest BCUT2D eigenvalue weighted by atomic mass is 10.1. The summed E-state index contributed by atoms with van der Waals surface area (Å²) in [5.74, 6) is 1.63. The van der Waals surface area contributed by atoms with Gasteiger partial charge in [-0.15, -0.1) is 10.2 Å². The third kappa shape index (κ3) is 6.12. The molecule has 0 unspecified atom stereocenters. The van der Waals surface area contributed by atoms with Gasteiger partial charge in [0.05, 0.1) is 11.1 Å². The predicted molar refractivity (Wildman–Crippen MR) is 119 cm³/mol. The molecule has 0 bridgehead atoms. The highest BCUT2D eigenvalue weighted by atomic mass is 19.4. The highest BCUT2D eigenvalue weighted by Gasteiger charge is 2.37. The minimum absolute atomic E-state index is 0.00657. The molecule has 36 heavy (non-hydrogen) atoms.